The van der Waals surface area contributed by atoms with Gasteiger partial charge in [-0.25, -0.2) is 0 Å². The molecule has 0 atom stereocenters. The Labute approximate surface area is 118 Å². The lowest BCUT2D eigenvalue weighted by Crippen LogP contribution is -2.29. The van der Waals surface area contributed by atoms with Crippen LogP contribution in [0.4, 0.5) is 0 Å². The number of allylic oxidation sites excluding steroid dienone is 1. The lowest BCUT2D eigenvalue weighted by Gasteiger charge is -2.21. The van der Waals surface area contributed by atoms with E-state index in [0.29, 0.717) is 17.1 Å². The summed E-state index contributed by atoms with van der Waals surface area (Å²) >= 11 is 0. The van der Waals surface area contributed by atoms with E-state index in [1.54, 1.807) is 0 Å². The van der Waals surface area contributed by atoms with E-state index in [9.17, 15) is 9.59 Å². The van der Waals surface area contributed by atoms with E-state index in [2.05, 4.69) is 5.32 Å². The van der Waals surface area contributed by atoms with Crippen molar-refractivity contribution in [2.24, 2.45) is 0 Å². The van der Waals surface area contributed by atoms with Crippen molar-refractivity contribution >= 4 is 11.6 Å². The first kappa shape index (κ1) is 13.2. The number of rotatable bonds is 3. The molecule has 0 spiro atoms. The molecule has 108 valence electrons. The van der Waals surface area contributed by atoms with Crippen LogP contribution in [0.15, 0.2) is 23.2 Å². The van der Waals surface area contributed by atoms with Crippen LogP contribution in [-0.4, -0.2) is 79.6 Å². The van der Waals surface area contributed by atoms with Crippen LogP contribution in [0.3, 0.4) is 0 Å². The topological polar surface area (TPSA) is 55.2 Å². The van der Waals surface area contributed by atoms with Gasteiger partial charge in [0.05, 0.1) is 5.70 Å². The van der Waals surface area contributed by atoms with Crippen molar-refractivity contribution < 1.29 is 9.59 Å². The Morgan fingerprint density at radius 3 is 1.75 bits per heavy atom. The normalized spacial score (nSPS) is 23.5. The summed E-state index contributed by atoms with van der Waals surface area (Å²) < 4.78 is 0. The van der Waals surface area contributed by atoms with Gasteiger partial charge in [-0.3, -0.25) is 9.59 Å². The summed E-state index contributed by atoms with van der Waals surface area (Å²) in [5.41, 5.74) is 1.89. The average Bonchev–Trinajstić information content (AvgIpc) is 3.28. The van der Waals surface area contributed by atoms with Crippen molar-refractivity contribution in [1.82, 2.24) is 20.0 Å². The lowest BCUT2D eigenvalue weighted by molar-refractivity contribution is -0.117. The van der Waals surface area contributed by atoms with E-state index >= 15 is 0 Å². The second-order valence-electron chi connectivity index (χ2n) is 5.38. The molecule has 3 saturated heterocycles. The monoisotopic (exact) mass is 276 g/mol. The lowest BCUT2D eigenvalue weighted by atomic mass is 10.0. The van der Waals surface area contributed by atoms with Crippen LogP contribution in [-0.2, 0) is 9.59 Å². The summed E-state index contributed by atoms with van der Waals surface area (Å²) in [6.07, 6.45) is 1.52. The maximum absolute atomic E-state index is 12.4. The van der Waals surface area contributed by atoms with E-state index in [0.717, 1.165) is 39.3 Å². The standard InChI is InChI=1S/C12H13N3O2.C2H7N/c16-9-7-8(13-1-2-13)12(17)11(15-5-6-15)10(9)14-3-4-14;1-3-2/h7H,1-6H2;3H,1-2H3. The highest BCUT2D eigenvalue weighted by atomic mass is 16.1. The van der Waals surface area contributed by atoms with Gasteiger partial charge in [-0.05, 0) is 14.1 Å². The van der Waals surface area contributed by atoms with Gasteiger partial charge in [-0.15, -0.1) is 0 Å². The maximum Gasteiger partial charge on any atom is 0.227 e. The molecule has 3 fully saturated rings. The predicted octanol–water partition coefficient (Wildman–Crippen LogP) is -0.984. The van der Waals surface area contributed by atoms with Gasteiger partial charge in [-0.1, -0.05) is 0 Å². The zero-order valence-electron chi connectivity index (χ0n) is 12.0. The third kappa shape index (κ3) is 2.43. The van der Waals surface area contributed by atoms with Crippen molar-refractivity contribution in [3.05, 3.63) is 23.2 Å². The van der Waals surface area contributed by atoms with Crippen LogP contribution in [0.5, 0.6) is 0 Å². The van der Waals surface area contributed by atoms with Gasteiger partial charge >= 0.3 is 0 Å². The minimum Gasteiger partial charge on any atom is -0.365 e. The first-order valence-corrected chi connectivity index (χ1v) is 7.05. The zero-order chi connectivity index (χ0) is 14.3. The van der Waals surface area contributed by atoms with Gasteiger partial charge < -0.3 is 20.0 Å². The summed E-state index contributed by atoms with van der Waals surface area (Å²) in [6, 6.07) is 0. The second kappa shape index (κ2) is 4.94. The molecule has 1 N–H and O–H groups in total. The molecule has 3 heterocycles. The molecule has 0 aromatic carbocycles. The van der Waals surface area contributed by atoms with Crippen molar-refractivity contribution in [1.29, 1.82) is 0 Å². The van der Waals surface area contributed by atoms with E-state index in [4.69, 9.17) is 0 Å². The SMILES string of the molecule is CNC.O=C1C=C(N2CC2)C(=O)C(N2CC2)=C1N1CC1. The largest absolute Gasteiger partial charge is 0.365 e. The van der Waals surface area contributed by atoms with Crippen LogP contribution < -0.4 is 5.32 Å². The van der Waals surface area contributed by atoms with Crippen LogP contribution in [0, 0.1) is 0 Å². The molecular weight excluding hydrogens is 256 g/mol. The number of carbonyl (C=O) groups excluding carboxylic acids is 2. The molecule has 0 radical (unpaired) electrons. The van der Waals surface area contributed by atoms with E-state index in [1.165, 1.54) is 6.08 Å². The molecule has 0 saturated carbocycles. The number of ketones is 2. The molecular formula is C14H20N4O2. The van der Waals surface area contributed by atoms with Crippen LogP contribution >= 0.6 is 0 Å². The molecule has 0 aromatic rings. The highest BCUT2D eigenvalue weighted by molar-refractivity contribution is 6.22. The van der Waals surface area contributed by atoms with E-state index in [-0.39, 0.29) is 11.6 Å². The van der Waals surface area contributed by atoms with Crippen LogP contribution in [0.1, 0.15) is 0 Å². The van der Waals surface area contributed by atoms with Gasteiger partial charge in [0.15, 0.2) is 0 Å². The first-order chi connectivity index (χ1) is 9.67. The maximum atomic E-state index is 12.4. The molecule has 4 aliphatic rings. The van der Waals surface area contributed by atoms with Gasteiger partial charge in [0, 0.05) is 45.3 Å². The number of Topliss-reactive ketones (excluding diaryl/α,β-unsaturated/α-hetero) is 1. The minimum absolute atomic E-state index is 0.00546. The number of hydrogen-bond donors (Lipinski definition) is 1. The summed E-state index contributed by atoms with van der Waals surface area (Å²) in [4.78, 5) is 30.5. The Morgan fingerprint density at radius 2 is 1.30 bits per heavy atom. The van der Waals surface area contributed by atoms with E-state index < -0.39 is 0 Å². The smallest absolute Gasteiger partial charge is 0.227 e. The summed E-state index contributed by atoms with van der Waals surface area (Å²) in [5, 5.41) is 2.75. The predicted molar refractivity (Wildman–Crippen MR) is 74.8 cm³/mol. The molecule has 6 nitrogen and oxygen atoms in total. The second-order valence-corrected chi connectivity index (χ2v) is 5.38. The summed E-state index contributed by atoms with van der Waals surface area (Å²) in [7, 11) is 3.75. The van der Waals surface area contributed by atoms with Crippen LogP contribution in [0.25, 0.3) is 0 Å². The van der Waals surface area contributed by atoms with Crippen molar-refractivity contribution in [2.75, 3.05) is 53.4 Å². The number of hydrogen-bond acceptors (Lipinski definition) is 6. The van der Waals surface area contributed by atoms with Crippen LogP contribution in [0.2, 0.25) is 0 Å². The van der Waals surface area contributed by atoms with Gasteiger partial charge in [-0.2, -0.15) is 0 Å². The highest BCUT2D eigenvalue weighted by Crippen LogP contribution is 2.33. The Morgan fingerprint density at radius 1 is 0.850 bits per heavy atom. The van der Waals surface area contributed by atoms with E-state index in [1.807, 2.05) is 28.8 Å². The quantitative estimate of drug-likeness (QED) is 0.528. The van der Waals surface area contributed by atoms with Gasteiger partial charge in [0.1, 0.15) is 11.4 Å². The number of nitrogens with zero attached hydrogens (tertiary/aromatic N) is 3. The molecule has 0 aromatic heterocycles. The molecule has 0 unspecified atom stereocenters. The number of nitrogens with one attached hydrogen (secondary N) is 1. The summed E-state index contributed by atoms with van der Waals surface area (Å²) in [6.45, 7) is 5.41. The van der Waals surface area contributed by atoms with Crippen molar-refractivity contribution in [3.8, 4) is 0 Å². The third-order valence-electron chi connectivity index (χ3n) is 3.49. The molecule has 3 aliphatic heterocycles. The molecule has 0 bridgehead atoms. The third-order valence-corrected chi connectivity index (χ3v) is 3.49. The molecule has 20 heavy (non-hydrogen) atoms. The molecule has 1 aliphatic carbocycles. The Balaban J connectivity index is 0.000000373. The number of carbonyl (C=O) groups is 2. The Bertz CT molecular complexity index is 511. The van der Waals surface area contributed by atoms with Gasteiger partial charge in [0.25, 0.3) is 0 Å². The van der Waals surface area contributed by atoms with Crippen molar-refractivity contribution in [3.63, 3.8) is 0 Å². The molecule has 0 amide bonds. The first-order valence-electron chi connectivity index (χ1n) is 7.05. The molecule has 6 heteroatoms. The van der Waals surface area contributed by atoms with Crippen molar-refractivity contribution in [2.45, 2.75) is 0 Å². The summed E-state index contributed by atoms with van der Waals surface area (Å²) in [5.74, 6) is 0.0485. The minimum atomic E-state index is 0.00546. The fourth-order valence-corrected chi connectivity index (χ4v) is 2.28. The van der Waals surface area contributed by atoms with Gasteiger partial charge in [0.2, 0.25) is 11.6 Å². The zero-order valence-corrected chi connectivity index (χ0v) is 12.0. The fraction of sp³-hybridized carbons (Fsp3) is 0.571. The highest BCUT2D eigenvalue weighted by Gasteiger charge is 2.43. The fourth-order valence-electron chi connectivity index (χ4n) is 2.28. The average molecular weight is 276 g/mol. The molecule has 4 rings (SSSR count). The Hall–Kier alpha value is -1.82. The Kier molecular flexibility index (Phi) is 3.25.